The van der Waals surface area contributed by atoms with Gasteiger partial charge in [-0.25, -0.2) is 4.79 Å². The molecule has 180 valence electrons. The number of benzene rings is 3. The number of likely N-dealkylation sites (tertiary alicyclic amines) is 1. The second-order valence-electron chi connectivity index (χ2n) is 9.30. The lowest BCUT2D eigenvalue weighted by Gasteiger charge is -2.41. The fourth-order valence-electron chi connectivity index (χ4n) is 5.35. The minimum atomic E-state index is -0.830. The van der Waals surface area contributed by atoms with Crippen molar-refractivity contribution in [2.45, 2.75) is 24.9 Å². The van der Waals surface area contributed by atoms with E-state index in [1.54, 1.807) is 12.0 Å². The molecule has 1 spiro atoms. The van der Waals surface area contributed by atoms with Crippen molar-refractivity contribution in [2.75, 3.05) is 33.5 Å². The summed E-state index contributed by atoms with van der Waals surface area (Å²) in [5, 5.41) is 2.50. The molecule has 35 heavy (non-hydrogen) atoms. The van der Waals surface area contributed by atoms with E-state index < -0.39 is 5.54 Å². The Kier molecular flexibility index (Phi) is 6.66. The molecular weight excluding hydrogens is 438 g/mol. The first-order valence-electron chi connectivity index (χ1n) is 12.2. The molecule has 6 nitrogen and oxygen atoms in total. The van der Waals surface area contributed by atoms with Gasteiger partial charge in [0.2, 0.25) is 0 Å². The average Bonchev–Trinajstić information content (AvgIpc) is 3.08. The monoisotopic (exact) mass is 469 g/mol. The number of rotatable bonds is 7. The number of piperidine rings is 1. The highest BCUT2D eigenvalue weighted by Gasteiger charge is 2.57. The van der Waals surface area contributed by atoms with E-state index >= 15 is 0 Å². The van der Waals surface area contributed by atoms with Gasteiger partial charge in [0.05, 0.1) is 0 Å². The molecule has 6 heteroatoms. The Morgan fingerprint density at radius 3 is 2.40 bits per heavy atom. The number of urea groups is 1. The molecule has 3 amide bonds. The van der Waals surface area contributed by atoms with Gasteiger partial charge >= 0.3 is 6.03 Å². The fraction of sp³-hybridized carbons (Fsp3) is 0.310. The first-order valence-corrected chi connectivity index (χ1v) is 12.2. The maximum atomic E-state index is 13.6. The van der Waals surface area contributed by atoms with E-state index in [1.165, 1.54) is 21.2 Å². The predicted molar refractivity (Wildman–Crippen MR) is 137 cm³/mol. The standard InChI is InChI=1S/C29H31N3O3/c1-35-22-32-28(34)31(18-8-11-23-9-3-2-4-10-23)27(33)29(32)16-19-30(20-17-29)21-25-14-7-13-24-12-5-6-15-26(24)25/h2-15H,16-22H2,1H3/b11-8+. The molecule has 5 rings (SSSR count). The van der Waals surface area contributed by atoms with Crippen LogP contribution in [0, 0.1) is 0 Å². The maximum absolute atomic E-state index is 13.6. The summed E-state index contributed by atoms with van der Waals surface area (Å²) < 4.78 is 5.36. The van der Waals surface area contributed by atoms with Gasteiger partial charge in [-0.05, 0) is 34.7 Å². The van der Waals surface area contributed by atoms with Gasteiger partial charge in [0.15, 0.2) is 0 Å². The van der Waals surface area contributed by atoms with Crippen LogP contribution in [0.3, 0.4) is 0 Å². The molecule has 2 heterocycles. The zero-order chi connectivity index (χ0) is 24.3. The van der Waals surface area contributed by atoms with Crippen LogP contribution in [-0.2, 0) is 16.1 Å². The molecule has 0 N–H and O–H groups in total. The Bertz CT molecular complexity index is 1230. The number of carbonyl (C=O) groups is 2. The highest BCUT2D eigenvalue weighted by molar-refractivity contribution is 6.07. The van der Waals surface area contributed by atoms with Crippen molar-refractivity contribution < 1.29 is 14.3 Å². The fourth-order valence-corrected chi connectivity index (χ4v) is 5.35. The van der Waals surface area contributed by atoms with E-state index in [0.29, 0.717) is 12.8 Å². The number of amides is 3. The lowest BCUT2D eigenvalue weighted by Crippen LogP contribution is -2.56. The smallest absolute Gasteiger partial charge is 0.329 e. The van der Waals surface area contributed by atoms with Gasteiger partial charge in [-0.1, -0.05) is 84.9 Å². The van der Waals surface area contributed by atoms with Gasteiger partial charge in [0.25, 0.3) is 5.91 Å². The van der Waals surface area contributed by atoms with Gasteiger partial charge < -0.3 is 4.74 Å². The van der Waals surface area contributed by atoms with Crippen LogP contribution in [0.15, 0.2) is 78.9 Å². The van der Waals surface area contributed by atoms with Crippen LogP contribution < -0.4 is 0 Å². The summed E-state index contributed by atoms with van der Waals surface area (Å²) >= 11 is 0. The number of methoxy groups -OCH3 is 1. The van der Waals surface area contributed by atoms with Crippen molar-refractivity contribution in [2.24, 2.45) is 0 Å². The molecule has 0 aromatic heterocycles. The Labute approximate surface area is 206 Å². The summed E-state index contributed by atoms with van der Waals surface area (Å²) in [4.78, 5) is 32.3. The van der Waals surface area contributed by atoms with Gasteiger partial charge in [0.1, 0.15) is 12.3 Å². The van der Waals surface area contributed by atoms with Crippen molar-refractivity contribution in [3.8, 4) is 0 Å². The van der Waals surface area contributed by atoms with Crippen LogP contribution in [0.1, 0.15) is 24.0 Å². The number of carbonyl (C=O) groups excluding carboxylic acids is 2. The Morgan fingerprint density at radius 1 is 0.914 bits per heavy atom. The molecule has 2 saturated heterocycles. The zero-order valence-electron chi connectivity index (χ0n) is 20.1. The van der Waals surface area contributed by atoms with E-state index in [0.717, 1.165) is 25.2 Å². The molecule has 3 aromatic rings. The van der Waals surface area contributed by atoms with Gasteiger partial charge in [-0.15, -0.1) is 0 Å². The lowest BCUT2D eigenvalue weighted by atomic mass is 9.86. The second-order valence-corrected chi connectivity index (χ2v) is 9.30. The molecule has 2 aliphatic heterocycles. The second kappa shape index (κ2) is 10.0. The van der Waals surface area contributed by atoms with Crippen molar-refractivity contribution in [1.29, 1.82) is 0 Å². The summed E-state index contributed by atoms with van der Waals surface area (Å²) in [5.41, 5.74) is 1.49. The third-order valence-electron chi connectivity index (χ3n) is 7.23. The average molecular weight is 470 g/mol. The van der Waals surface area contributed by atoms with Crippen LogP contribution in [0.2, 0.25) is 0 Å². The number of nitrogens with zero attached hydrogens (tertiary/aromatic N) is 3. The first kappa shape index (κ1) is 23.3. The van der Waals surface area contributed by atoms with Crippen LogP contribution >= 0.6 is 0 Å². The van der Waals surface area contributed by atoms with Gasteiger partial charge in [-0.3, -0.25) is 19.5 Å². The van der Waals surface area contributed by atoms with Gasteiger partial charge in [-0.2, -0.15) is 0 Å². The van der Waals surface area contributed by atoms with E-state index in [9.17, 15) is 9.59 Å². The topological polar surface area (TPSA) is 53.1 Å². The highest BCUT2D eigenvalue weighted by Crippen LogP contribution is 2.38. The third kappa shape index (κ3) is 4.47. The third-order valence-corrected chi connectivity index (χ3v) is 7.23. The molecule has 0 aliphatic carbocycles. The van der Waals surface area contributed by atoms with Crippen molar-refractivity contribution >= 4 is 28.8 Å². The maximum Gasteiger partial charge on any atom is 0.329 e. The molecule has 0 atom stereocenters. The van der Waals surface area contributed by atoms with E-state index in [4.69, 9.17) is 4.74 Å². The van der Waals surface area contributed by atoms with Crippen molar-refractivity contribution in [1.82, 2.24) is 14.7 Å². The zero-order valence-corrected chi connectivity index (χ0v) is 20.1. The Hall–Kier alpha value is -3.48. The molecule has 0 unspecified atom stereocenters. The number of hydrogen-bond acceptors (Lipinski definition) is 4. The predicted octanol–water partition coefficient (Wildman–Crippen LogP) is 4.76. The molecule has 0 radical (unpaired) electrons. The van der Waals surface area contributed by atoms with Crippen LogP contribution in [0.25, 0.3) is 16.8 Å². The minimum Gasteiger partial charge on any atom is -0.364 e. The van der Waals surface area contributed by atoms with Crippen molar-refractivity contribution in [3.05, 3.63) is 90.0 Å². The summed E-state index contributed by atoms with van der Waals surface area (Å²) in [6.07, 6.45) is 5.03. The summed E-state index contributed by atoms with van der Waals surface area (Å²) in [5.74, 6) is -0.109. The molecule has 0 saturated carbocycles. The van der Waals surface area contributed by atoms with Gasteiger partial charge in [0, 0.05) is 33.3 Å². The molecule has 2 fully saturated rings. The van der Waals surface area contributed by atoms with Crippen LogP contribution in [0.5, 0.6) is 0 Å². The number of fused-ring (bicyclic) bond motifs is 1. The number of imide groups is 1. The summed E-state index contributed by atoms with van der Waals surface area (Å²) in [7, 11) is 1.57. The van der Waals surface area contributed by atoms with Crippen molar-refractivity contribution in [3.63, 3.8) is 0 Å². The van der Waals surface area contributed by atoms with E-state index in [1.807, 2.05) is 42.5 Å². The largest absolute Gasteiger partial charge is 0.364 e. The SMILES string of the molecule is COCN1C(=O)N(C/C=C/c2ccccc2)C(=O)C12CCN(Cc1cccc3ccccc13)CC2. The molecule has 3 aromatic carbocycles. The summed E-state index contributed by atoms with van der Waals surface area (Å²) in [6, 6.07) is 24.5. The highest BCUT2D eigenvalue weighted by atomic mass is 16.5. The molecular formula is C29H31N3O3. The minimum absolute atomic E-state index is 0.109. The number of hydrogen-bond donors (Lipinski definition) is 0. The first-order chi connectivity index (χ1) is 17.1. The lowest BCUT2D eigenvalue weighted by molar-refractivity contribution is -0.137. The Balaban J connectivity index is 1.30. The van der Waals surface area contributed by atoms with E-state index in [2.05, 4.69) is 47.4 Å². The summed E-state index contributed by atoms with van der Waals surface area (Å²) in [6.45, 7) is 2.70. The Morgan fingerprint density at radius 2 is 1.63 bits per heavy atom. The molecule has 0 bridgehead atoms. The quantitative estimate of drug-likeness (QED) is 0.469. The van der Waals surface area contributed by atoms with Crippen LogP contribution in [-0.4, -0.2) is 65.7 Å². The molecule has 2 aliphatic rings. The number of ether oxygens (including phenoxy) is 1. The normalized spacial score (nSPS) is 18.4. The van der Waals surface area contributed by atoms with E-state index in [-0.39, 0.29) is 25.2 Å². The van der Waals surface area contributed by atoms with Crippen LogP contribution in [0.4, 0.5) is 4.79 Å².